The Kier molecular flexibility index (Phi) is 8.71. The molecule has 2 aromatic rings. The van der Waals surface area contributed by atoms with Gasteiger partial charge in [0.15, 0.2) is 0 Å². The van der Waals surface area contributed by atoms with Crippen LogP contribution < -0.4 is 4.74 Å². The van der Waals surface area contributed by atoms with Crippen molar-refractivity contribution in [1.29, 1.82) is 0 Å². The molecule has 1 N–H and O–H groups in total. The highest BCUT2D eigenvalue weighted by molar-refractivity contribution is 5.38. The molecule has 3 rings (SSSR count). The van der Waals surface area contributed by atoms with Gasteiger partial charge in [-0.3, -0.25) is 4.40 Å². The Morgan fingerprint density at radius 2 is 1.92 bits per heavy atom. The highest BCUT2D eigenvalue weighted by Crippen LogP contribution is 2.27. The fourth-order valence-corrected chi connectivity index (χ4v) is 2.49. The van der Waals surface area contributed by atoms with Gasteiger partial charge in [-0.15, -0.1) is 0 Å². The first kappa shape index (κ1) is 20.4. The molecule has 1 unspecified atom stereocenters. The second-order valence-corrected chi connectivity index (χ2v) is 5.62. The summed E-state index contributed by atoms with van der Waals surface area (Å²) in [4.78, 5) is 9.10. The van der Waals surface area contributed by atoms with Gasteiger partial charge in [-0.25, -0.2) is 4.98 Å². The summed E-state index contributed by atoms with van der Waals surface area (Å²) in [6.45, 7) is 10.8. The van der Waals surface area contributed by atoms with E-state index in [1.54, 1.807) is 0 Å². The summed E-state index contributed by atoms with van der Waals surface area (Å²) >= 11 is 0. The minimum Gasteiger partial charge on any atom is -0.475 e. The van der Waals surface area contributed by atoms with Crippen LogP contribution in [-0.4, -0.2) is 39.3 Å². The first-order valence-corrected chi connectivity index (χ1v) is 8.72. The quantitative estimate of drug-likeness (QED) is 0.925. The van der Waals surface area contributed by atoms with E-state index in [9.17, 15) is 0 Å². The van der Waals surface area contributed by atoms with Gasteiger partial charge in [0.25, 0.3) is 0 Å². The summed E-state index contributed by atoms with van der Waals surface area (Å²) in [5.74, 6) is 1.34. The molecule has 0 aliphatic carbocycles. The number of aryl methyl sites for hydroxylation is 1. The van der Waals surface area contributed by atoms with E-state index in [0.29, 0.717) is 11.7 Å². The third kappa shape index (κ3) is 5.18. The molecule has 1 aliphatic heterocycles. The van der Waals surface area contributed by atoms with Gasteiger partial charge in [0, 0.05) is 31.7 Å². The van der Waals surface area contributed by atoms with E-state index in [0.717, 1.165) is 37.8 Å². The second kappa shape index (κ2) is 10.3. The fraction of sp³-hybridized carbons (Fsp3) is 0.667. The van der Waals surface area contributed by atoms with Crippen molar-refractivity contribution in [3.05, 3.63) is 23.7 Å². The van der Waals surface area contributed by atoms with Crippen LogP contribution in [-0.2, 0) is 4.74 Å². The van der Waals surface area contributed by atoms with Gasteiger partial charge in [0.1, 0.15) is 6.10 Å². The fourth-order valence-electron chi connectivity index (χ4n) is 2.49. The Balaban J connectivity index is 0.000000671. The smallest absolute Gasteiger partial charge is 0.237 e. The number of aromatic nitrogens is 3. The van der Waals surface area contributed by atoms with Crippen LogP contribution in [0.25, 0.3) is 5.78 Å². The molecule has 1 atom stereocenters. The van der Waals surface area contributed by atoms with Crippen LogP contribution in [0.2, 0.25) is 0 Å². The highest BCUT2D eigenvalue weighted by atomic mass is 16.5. The van der Waals surface area contributed by atoms with Crippen molar-refractivity contribution in [3.63, 3.8) is 0 Å². The second-order valence-electron chi connectivity index (χ2n) is 5.62. The van der Waals surface area contributed by atoms with E-state index < -0.39 is 0 Å². The highest BCUT2D eigenvalue weighted by Gasteiger charge is 2.20. The van der Waals surface area contributed by atoms with Crippen LogP contribution in [0.3, 0.4) is 0 Å². The lowest BCUT2D eigenvalue weighted by Crippen LogP contribution is -2.11. The summed E-state index contributed by atoms with van der Waals surface area (Å²) in [6.07, 6.45) is 7.64. The maximum Gasteiger partial charge on any atom is 0.237 e. The molecule has 0 amide bonds. The van der Waals surface area contributed by atoms with E-state index in [1.165, 1.54) is 6.42 Å². The summed E-state index contributed by atoms with van der Waals surface area (Å²) in [5, 5.41) is 7.00. The van der Waals surface area contributed by atoms with E-state index in [2.05, 4.69) is 9.97 Å². The summed E-state index contributed by atoms with van der Waals surface area (Å²) < 4.78 is 13.5. The number of imidazole rings is 1. The molecular formula is C18H31N3O3. The van der Waals surface area contributed by atoms with E-state index >= 15 is 0 Å². The molecular weight excluding hydrogens is 306 g/mol. The lowest BCUT2D eigenvalue weighted by Gasteiger charge is -2.20. The molecule has 24 heavy (non-hydrogen) atoms. The number of hydrogen-bond acceptors (Lipinski definition) is 5. The lowest BCUT2D eigenvalue weighted by atomic mass is 10.1. The van der Waals surface area contributed by atoms with Gasteiger partial charge >= 0.3 is 0 Å². The zero-order chi connectivity index (χ0) is 18.1. The molecule has 0 aromatic carbocycles. The Morgan fingerprint density at radius 3 is 2.50 bits per heavy atom. The number of aliphatic hydroxyl groups is 1. The molecule has 0 saturated carbocycles. The summed E-state index contributed by atoms with van der Waals surface area (Å²) in [6, 6.07) is 0. The first-order valence-electron chi connectivity index (χ1n) is 8.72. The molecule has 0 spiro atoms. The van der Waals surface area contributed by atoms with Crippen LogP contribution in [0.15, 0.2) is 12.4 Å². The topological polar surface area (TPSA) is 68.9 Å². The average molecular weight is 337 g/mol. The van der Waals surface area contributed by atoms with Crippen molar-refractivity contribution in [2.75, 3.05) is 13.7 Å². The number of fused-ring (bicyclic) bond motifs is 1. The Labute approximate surface area is 144 Å². The molecule has 136 valence electrons. The van der Waals surface area contributed by atoms with Gasteiger partial charge in [0.05, 0.1) is 11.8 Å². The molecule has 1 fully saturated rings. The number of hydrogen-bond donors (Lipinski definition) is 1. The van der Waals surface area contributed by atoms with Crippen LogP contribution in [0.4, 0.5) is 0 Å². The molecule has 2 aromatic heterocycles. The molecule has 0 bridgehead atoms. The van der Waals surface area contributed by atoms with Crippen molar-refractivity contribution >= 4 is 5.78 Å². The molecule has 1 aliphatic rings. The minimum absolute atomic E-state index is 0.111. The standard InChI is InChI=1S/C15H21N3O2.C2H6.CH4O/c1-10(2)20-14-11(3)8-18-9-12(16-15(18)17-14)13-6-4-5-7-19-13;2*1-2/h8-10,13H,4-7H2,1-3H3;1-2H3;2H,1H3. The zero-order valence-electron chi connectivity index (χ0n) is 15.7. The van der Waals surface area contributed by atoms with Crippen LogP contribution in [0.5, 0.6) is 5.88 Å². The van der Waals surface area contributed by atoms with Gasteiger partial charge in [-0.1, -0.05) is 13.8 Å². The Morgan fingerprint density at radius 1 is 1.21 bits per heavy atom. The molecule has 0 radical (unpaired) electrons. The monoisotopic (exact) mass is 337 g/mol. The zero-order valence-corrected chi connectivity index (χ0v) is 15.7. The summed E-state index contributed by atoms with van der Waals surface area (Å²) in [5.41, 5.74) is 1.98. The van der Waals surface area contributed by atoms with Crippen molar-refractivity contribution in [2.24, 2.45) is 0 Å². The predicted octanol–water partition coefficient (Wildman–Crippen LogP) is 3.70. The van der Waals surface area contributed by atoms with Crippen molar-refractivity contribution < 1.29 is 14.6 Å². The Bertz CT molecular complexity index is 605. The van der Waals surface area contributed by atoms with Gasteiger partial charge in [-0.2, -0.15) is 4.98 Å². The van der Waals surface area contributed by atoms with E-state index in [1.807, 2.05) is 51.4 Å². The third-order valence-corrected chi connectivity index (χ3v) is 3.46. The van der Waals surface area contributed by atoms with Crippen molar-refractivity contribution in [1.82, 2.24) is 14.4 Å². The third-order valence-electron chi connectivity index (χ3n) is 3.46. The SMILES string of the molecule is CC.CO.Cc1cn2cc(C3CCCCO3)nc2nc1OC(C)C. The van der Waals surface area contributed by atoms with Crippen LogP contribution in [0, 0.1) is 6.92 Å². The maximum absolute atomic E-state index is 7.00. The first-order chi connectivity index (χ1) is 11.6. The molecule has 6 nitrogen and oxygen atoms in total. The number of rotatable bonds is 3. The lowest BCUT2D eigenvalue weighted by molar-refractivity contribution is 0.0126. The number of aliphatic hydroxyl groups excluding tert-OH is 1. The van der Waals surface area contributed by atoms with Crippen molar-refractivity contribution in [2.45, 2.75) is 66.1 Å². The van der Waals surface area contributed by atoms with Gasteiger partial charge in [-0.05, 0) is 40.0 Å². The minimum atomic E-state index is 0.111. The number of nitrogens with zero attached hydrogens (tertiary/aromatic N) is 3. The molecule has 1 saturated heterocycles. The van der Waals surface area contributed by atoms with Crippen LogP contribution >= 0.6 is 0 Å². The molecule has 3 heterocycles. The predicted molar refractivity (Wildman–Crippen MR) is 95.5 cm³/mol. The van der Waals surface area contributed by atoms with Crippen LogP contribution in [0.1, 0.15) is 64.3 Å². The number of ether oxygens (including phenoxy) is 2. The van der Waals surface area contributed by atoms with Gasteiger partial charge < -0.3 is 14.6 Å². The average Bonchev–Trinajstić information content (AvgIpc) is 3.02. The summed E-state index contributed by atoms with van der Waals surface area (Å²) in [7, 11) is 1.00. The molecule has 6 heteroatoms. The van der Waals surface area contributed by atoms with Crippen molar-refractivity contribution in [3.8, 4) is 5.88 Å². The maximum atomic E-state index is 7.00. The largest absolute Gasteiger partial charge is 0.475 e. The normalized spacial score (nSPS) is 16.9. The Hall–Kier alpha value is -1.66. The van der Waals surface area contributed by atoms with Gasteiger partial charge in [0.2, 0.25) is 11.7 Å². The van der Waals surface area contributed by atoms with E-state index in [4.69, 9.17) is 14.6 Å². The van der Waals surface area contributed by atoms with E-state index in [-0.39, 0.29) is 12.2 Å².